The summed E-state index contributed by atoms with van der Waals surface area (Å²) in [7, 11) is 1.76. The summed E-state index contributed by atoms with van der Waals surface area (Å²) in [6.45, 7) is 0.208. The van der Waals surface area contributed by atoms with E-state index in [0.717, 1.165) is 29.9 Å². The maximum atomic E-state index is 12.2. The molecule has 5 heteroatoms. The van der Waals surface area contributed by atoms with Gasteiger partial charge in [-0.1, -0.05) is 18.2 Å². The Kier molecular flexibility index (Phi) is 4.79. The Hall–Kier alpha value is -2.82. The molecule has 124 valence electrons. The van der Waals surface area contributed by atoms with E-state index in [4.69, 9.17) is 0 Å². The fourth-order valence-electron chi connectivity index (χ4n) is 2.35. The van der Waals surface area contributed by atoms with Crippen LogP contribution in [0.25, 0.3) is 0 Å². The molecule has 2 amide bonds. The first-order valence-corrected chi connectivity index (χ1v) is 8.10. The van der Waals surface area contributed by atoms with Crippen molar-refractivity contribution in [1.29, 1.82) is 0 Å². The summed E-state index contributed by atoms with van der Waals surface area (Å²) in [6, 6.07) is 16.9. The number of likely N-dealkylation sites (N-methyl/N-ethyl adjacent to an activating group) is 1. The van der Waals surface area contributed by atoms with E-state index in [1.165, 1.54) is 0 Å². The van der Waals surface area contributed by atoms with E-state index in [-0.39, 0.29) is 24.3 Å². The molecule has 1 saturated carbocycles. The van der Waals surface area contributed by atoms with Gasteiger partial charge in [-0.25, -0.2) is 0 Å². The van der Waals surface area contributed by atoms with Gasteiger partial charge >= 0.3 is 0 Å². The normalized spacial score (nSPS) is 13.2. The number of rotatable bonds is 6. The largest absolute Gasteiger partial charge is 0.376 e. The van der Waals surface area contributed by atoms with Crippen LogP contribution in [0.2, 0.25) is 0 Å². The molecule has 0 radical (unpaired) electrons. The Morgan fingerprint density at radius 1 is 1.00 bits per heavy atom. The van der Waals surface area contributed by atoms with E-state index in [2.05, 4.69) is 10.6 Å². The molecule has 0 bridgehead atoms. The molecule has 2 aromatic carbocycles. The van der Waals surface area contributed by atoms with Gasteiger partial charge in [0.05, 0.1) is 6.54 Å². The van der Waals surface area contributed by atoms with Crippen molar-refractivity contribution < 1.29 is 9.59 Å². The first kappa shape index (κ1) is 16.1. The maximum absolute atomic E-state index is 12.2. The van der Waals surface area contributed by atoms with Gasteiger partial charge in [-0.05, 0) is 49.2 Å². The summed E-state index contributed by atoms with van der Waals surface area (Å²) in [5, 5.41) is 6.00. The molecule has 0 heterocycles. The summed E-state index contributed by atoms with van der Waals surface area (Å²) in [5.41, 5.74) is 2.49. The Bertz CT molecular complexity index is 709. The Morgan fingerprint density at radius 2 is 1.62 bits per heavy atom. The van der Waals surface area contributed by atoms with Crippen LogP contribution in [-0.2, 0) is 9.59 Å². The summed E-state index contributed by atoms with van der Waals surface area (Å²) in [5.74, 6) is 0.261. The van der Waals surface area contributed by atoms with Crippen molar-refractivity contribution in [3.8, 4) is 0 Å². The lowest BCUT2D eigenvalue weighted by Crippen LogP contribution is -2.32. The van der Waals surface area contributed by atoms with Gasteiger partial charge < -0.3 is 15.5 Å². The van der Waals surface area contributed by atoms with Crippen LogP contribution < -0.4 is 15.5 Å². The van der Waals surface area contributed by atoms with Crippen LogP contribution in [0.4, 0.5) is 17.1 Å². The monoisotopic (exact) mass is 323 g/mol. The van der Waals surface area contributed by atoms with Crippen molar-refractivity contribution >= 4 is 28.9 Å². The number of nitrogens with one attached hydrogen (secondary N) is 2. The number of para-hydroxylation sites is 1. The Balaban J connectivity index is 1.50. The van der Waals surface area contributed by atoms with Crippen LogP contribution in [0.1, 0.15) is 12.8 Å². The Morgan fingerprint density at radius 3 is 2.25 bits per heavy atom. The molecule has 0 spiro atoms. The molecule has 2 aromatic rings. The molecule has 1 aliphatic carbocycles. The average Bonchev–Trinajstić information content (AvgIpc) is 3.46. The van der Waals surface area contributed by atoms with E-state index in [0.29, 0.717) is 0 Å². The third-order valence-corrected chi connectivity index (χ3v) is 4.06. The molecule has 0 aliphatic heterocycles. The molecule has 24 heavy (non-hydrogen) atoms. The van der Waals surface area contributed by atoms with Crippen molar-refractivity contribution in [3.63, 3.8) is 0 Å². The minimum atomic E-state index is -0.0210. The molecule has 0 aromatic heterocycles. The zero-order chi connectivity index (χ0) is 16.9. The maximum Gasteiger partial charge on any atom is 0.246 e. The second kappa shape index (κ2) is 7.17. The second-order valence-electron chi connectivity index (χ2n) is 5.98. The predicted octanol–water partition coefficient (Wildman–Crippen LogP) is 3.11. The van der Waals surface area contributed by atoms with Gasteiger partial charge in [-0.15, -0.1) is 0 Å². The van der Waals surface area contributed by atoms with Crippen molar-refractivity contribution in [3.05, 3.63) is 54.6 Å². The highest BCUT2D eigenvalue weighted by Gasteiger charge is 2.29. The van der Waals surface area contributed by atoms with Gasteiger partial charge in [0.15, 0.2) is 0 Å². The third kappa shape index (κ3) is 4.13. The predicted molar refractivity (Wildman–Crippen MR) is 96.1 cm³/mol. The summed E-state index contributed by atoms with van der Waals surface area (Å²) < 4.78 is 0. The van der Waals surface area contributed by atoms with Crippen LogP contribution in [0.5, 0.6) is 0 Å². The standard InChI is InChI=1S/C19H21N3O2/c1-22(17-5-3-2-4-6-17)18(23)13-20-15-9-11-16(12-10-15)21-19(24)14-7-8-14/h2-6,9-12,14,20H,7-8,13H2,1H3,(H,21,24). The third-order valence-electron chi connectivity index (χ3n) is 4.06. The second-order valence-corrected chi connectivity index (χ2v) is 5.98. The first-order chi connectivity index (χ1) is 11.6. The van der Waals surface area contributed by atoms with Gasteiger partial charge in [0.1, 0.15) is 0 Å². The van der Waals surface area contributed by atoms with Crippen molar-refractivity contribution in [2.24, 2.45) is 5.92 Å². The fourth-order valence-corrected chi connectivity index (χ4v) is 2.35. The first-order valence-electron chi connectivity index (χ1n) is 8.10. The van der Waals surface area contributed by atoms with Gasteiger partial charge in [-0.3, -0.25) is 9.59 Å². The van der Waals surface area contributed by atoms with Crippen LogP contribution in [0.3, 0.4) is 0 Å². The molecule has 0 saturated heterocycles. The number of nitrogens with zero attached hydrogens (tertiary/aromatic N) is 1. The molecule has 1 fully saturated rings. The molecule has 0 unspecified atom stereocenters. The van der Waals surface area contributed by atoms with Gasteiger partial charge in [0, 0.05) is 30.0 Å². The van der Waals surface area contributed by atoms with Crippen molar-refractivity contribution in [2.45, 2.75) is 12.8 Å². The van der Waals surface area contributed by atoms with Gasteiger partial charge in [0.25, 0.3) is 0 Å². The van der Waals surface area contributed by atoms with Crippen LogP contribution in [0, 0.1) is 5.92 Å². The smallest absolute Gasteiger partial charge is 0.246 e. The quantitative estimate of drug-likeness (QED) is 0.858. The Labute approximate surface area is 141 Å². The summed E-state index contributed by atoms with van der Waals surface area (Å²) >= 11 is 0. The van der Waals surface area contributed by atoms with E-state index in [1.54, 1.807) is 11.9 Å². The number of carbonyl (C=O) groups is 2. The molecule has 0 atom stereocenters. The SMILES string of the molecule is CN(C(=O)CNc1ccc(NC(=O)C2CC2)cc1)c1ccccc1. The number of carbonyl (C=O) groups excluding carboxylic acids is 2. The highest BCUT2D eigenvalue weighted by Crippen LogP contribution is 2.30. The van der Waals surface area contributed by atoms with E-state index in [9.17, 15) is 9.59 Å². The molecule has 5 nitrogen and oxygen atoms in total. The van der Waals surface area contributed by atoms with Crippen LogP contribution in [0.15, 0.2) is 54.6 Å². The number of amides is 2. The summed E-state index contributed by atoms with van der Waals surface area (Å²) in [4.78, 5) is 25.5. The number of hydrogen-bond acceptors (Lipinski definition) is 3. The lowest BCUT2D eigenvalue weighted by Gasteiger charge is -2.18. The van der Waals surface area contributed by atoms with E-state index in [1.807, 2.05) is 54.6 Å². The number of anilines is 3. The lowest BCUT2D eigenvalue weighted by molar-refractivity contribution is -0.117. The van der Waals surface area contributed by atoms with Crippen molar-refractivity contribution in [2.75, 3.05) is 29.1 Å². The summed E-state index contributed by atoms with van der Waals surface area (Å²) in [6.07, 6.45) is 1.98. The molecule has 1 aliphatic rings. The lowest BCUT2D eigenvalue weighted by atomic mass is 10.2. The number of benzene rings is 2. The van der Waals surface area contributed by atoms with Crippen LogP contribution in [-0.4, -0.2) is 25.4 Å². The van der Waals surface area contributed by atoms with E-state index < -0.39 is 0 Å². The van der Waals surface area contributed by atoms with E-state index >= 15 is 0 Å². The zero-order valence-electron chi connectivity index (χ0n) is 13.7. The molecular weight excluding hydrogens is 302 g/mol. The van der Waals surface area contributed by atoms with Gasteiger partial charge in [-0.2, -0.15) is 0 Å². The highest BCUT2D eigenvalue weighted by atomic mass is 16.2. The molecule has 3 rings (SSSR count). The zero-order valence-corrected chi connectivity index (χ0v) is 13.7. The molecule has 2 N–H and O–H groups in total. The van der Waals surface area contributed by atoms with Crippen molar-refractivity contribution in [1.82, 2.24) is 0 Å². The molecular formula is C19H21N3O2. The van der Waals surface area contributed by atoms with Crippen LogP contribution >= 0.6 is 0 Å². The fraction of sp³-hybridized carbons (Fsp3) is 0.263. The number of hydrogen-bond donors (Lipinski definition) is 2. The minimum absolute atomic E-state index is 0.0210. The highest BCUT2D eigenvalue weighted by molar-refractivity contribution is 5.96. The average molecular weight is 323 g/mol. The topological polar surface area (TPSA) is 61.4 Å². The minimum Gasteiger partial charge on any atom is -0.376 e. The van der Waals surface area contributed by atoms with Gasteiger partial charge in [0.2, 0.25) is 11.8 Å².